The van der Waals surface area contributed by atoms with E-state index in [2.05, 4.69) is 19.1 Å². The topological polar surface area (TPSA) is 55.8 Å². The minimum atomic E-state index is -0.833. The molecule has 4 nitrogen and oxygen atoms in total. The van der Waals surface area contributed by atoms with Crippen molar-refractivity contribution in [1.29, 1.82) is 0 Å². The van der Waals surface area contributed by atoms with Crippen molar-refractivity contribution in [3.05, 3.63) is 59.2 Å². The van der Waals surface area contributed by atoms with Gasteiger partial charge in [0.15, 0.2) is 6.29 Å². The Morgan fingerprint density at radius 3 is 2.28 bits per heavy atom. The number of unbranched alkanes of at least 4 members (excludes halogenated alkanes) is 2. The Balaban J connectivity index is 2.23. The van der Waals surface area contributed by atoms with Crippen LogP contribution in [-0.2, 0) is 11.2 Å². The zero-order valence-corrected chi connectivity index (χ0v) is 20.4. The molecule has 1 N–H and O–H groups in total. The molecule has 2 rings (SSSR count). The van der Waals surface area contributed by atoms with E-state index in [1.165, 1.54) is 24.8 Å². The van der Waals surface area contributed by atoms with Crippen LogP contribution in [0.3, 0.4) is 0 Å². The van der Waals surface area contributed by atoms with Gasteiger partial charge in [-0.2, -0.15) is 0 Å². The number of hydrogen-bond acceptors (Lipinski definition) is 4. The number of carbonyl (C=O) groups excluding carboxylic acids is 1. The molecule has 0 saturated carbocycles. The van der Waals surface area contributed by atoms with Crippen LogP contribution in [0.1, 0.15) is 77.0 Å². The van der Waals surface area contributed by atoms with Gasteiger partial charge >= 0.3 is 0 Å². The minimum Gasteiger partial charge on any atom is -0.496 e. The second kappa shape index (κ2) is 11.3. The van der Waals surface area contributed by atoms with Crippen LogP contribution >= 0.6 is 0 Å². The monoisotopic (exact) mass is 438 g/mol. The van der Waals surface area contributed by atoms with Crippen molar-refractivity contribution in [3.63, 3.8) is 0 Å². The summed E-state index contributed by atoms with van der Waals surface area (Å²) in [4.78, 5) is 11.8. The number of aliphatic hydroxyl groups is 1. The first-order valence-electron chi connectivity index (χ1n) is 11.4. The van der Waals surface area contributed by atoms with Crippen molar-refractivity contribution in [2.75, 3.05) is 7.11 Å². The van der Waals surface area contributed by atoms with Crippen LogP contribution in [0.5, 0.6) is 11.5 Å². The van der Waals surface area contributed by atoms with Gasteiger partial charge in [0.2, 0.25) is 0 Å². The lowest BCUT2D eigenvalue weighted by atomic mass is 9.92. The summed E-state index contributed by atoms with van der Waals surface area (Å²) in [5, 5.41) is 10.1. The van der Waals surface area contributed by atoms with Gasteiger partial charge in [-0.05, 0) is 69.9 Å². The highest BCUT2D eigenvalue weighted by Crippen LogP contribution is 2.32. The lowest BCUT2D eigenvalue weighted by molar-refractivity contribution is -0.103. The van der Waals surface area contributed by atoms with Crippen molar-refractivity contribution < 1.29 is 19.4 Å². The Morgan fingerprint density at radius 1 is 1.03 bits per heavy atom. The van der Waals surface area contributed by atoms with E-state index in [1.54, 1.807) is 21.0 Å². The molecular weight excluding hydrogens is 400 g/mol. The average molecular weight is 439 g/mol. The van der Waals surface area contributed by atoms with E-state index < -0.39 is 11.2 Å². The largest absolute Gasteiger partial charge is 0.496 e. The summed E-state index contributed by atoms with van der Waals surface area (Å²) in [7, 11) is 1.60. The van der Waals surface area contributed by atoms with Crippen molar-refractivity contribution in [3.8, 4) is 11.5 Å². The Labute approximate surface area is 193 Å². The van der Waals surface area contributed by atoms with Crippen molar-refractivity contribution >= 4 is 17.9 Å². The maximum atomic E-state index is 11.8. The number of hydrogen-bond donors (Lipinski definition) is 1. The zero-order valence-electron chi connectivity index (χ0n) is 20.4. The van der Waals surface area contributed by atoms with E-state index in [4.69, 9.17) is 9.47 Å². The molecule has 0 unspecified atom stereocenters. The third-order valence-electron chi connectivity index (χ3n) is 5.25. The van der Waals surface area contributed by atoms with Gasteiger partial charge in [0.25, 0.3) is 0 Å². The normalized spacial score (nSPS) is 12.5. The molecule has 0 atom stereocenters. The molecule has 0 fully saturated rings. The predicted molar refractivity (Wildman–Crippen MR) is 132 cm³/mol. The van der Waals surface area contributed by atoms with Crippen molar-refractivity contribution in [2.24, 2.45) is 0 Å². The molecule has 4 heteroatoms. The van der Waals surface area contributed by atoms with Gasteiger partial charge in [-0.15, -0.1) is 0 Å². The van der Waals surface area contributed by atoms with Gasteiger partial charge in [0.05, 0.1) is 12.7 Å². The molecule has 0 heterocycles. The van der Waals surface area contributed by atoms with E-state index in [0.717, 1.165) is 23.8 Å². The third-order valence-corrected chi connectivity index (χ3v) is 5.25. The molecule has 0 radical (unpaired) electrons. The zero-order chi connectivity index (χ0) is 23.8. The molecule has 0 bridgehead atoms. The fraction of sp³-hybridized carbons (Fsp3) is 0.464. The van der Waals surface area contributed by atoms with Crippen LogP contribution in [0.25, 0.3) is 11.6 Å². The number of aryl methyl sites for hydroxylation is 1. The van der Waals surface area contributed by atoms with E-state index in [1.807, 2.05) is 50.3 Å². The maximum absolute atomic E-state index is 11.8. The molecule has 2 aromatic rings. The van der Waals surface area contributed by atoms with Gasteiger partial charge in [0.1, 0.15) is 17.1 Å². The first-order valence-corrected chi connectivity index (χ1v) is 11.4. The SMILES string of the molecule is CCCCCc1ccc(/C(C=O)=C/c2ccc(OC(C)(C)CC(C)(C)O)cc2OC)cc1. The quantitative estimate of drug-likeness (QED) is 0.178. The summed E-state index contributed by atoms with van der Waals surface area (Å²) in [6.45, 7) is 9.63. The fourth-order valence-electron chi connectivity index (χ4n) is 4.07. The molecule has 0 aliphatic heterocycles. The Bertz CT molecular complexity index is 902. The molecule has 0 spiro atoms. The molecule has 0 amide bonds. The first-order chi connectivity index (χ1) is 15.1. The average Bonchev–Trinajstić information content (AvgIpc) is 2.71. The molecule has 0 aromatic heterocycles. The number of ether oxygens (including phenoxy) is 2. The van der Waals surface area contributed by atoms with Crippen LogP contribution in [0.15, 0.2) is 42.5 Å². The smallest absolute Gasteiger partial charge is 0.150 e. The van der Waals surface area contributed by atoms with E-state index in [9.17, 15) is 9.90 Å². The second-order valence-electron chi connectivity index (χ2n) is 9.63. The first kappa shape index (κ1) is 25.7. The summed E-state index contributed by atoms with van der Waals surface area (Å²) in [5.74, 6) is 1.27. The molecule has 174 valence electrons. The van der Waals surface area contributed by atoms with Crippen LogP contribution in [0, 0.1) is 0 Å². The number of carbonyl (C=O) groups is 1. The van der Waals surface area contributed by atoms with E-state index >= 15 is 0 Å². The summed E-state index contributed by atoms with van der Waals surface area (Å²) >= 11 is 0. The van der Waals surface area contributed by atoms with Crippen LogP contribution < -0.4 is 9.47 Å². The van der Waals surface area contributed by atoms with Gasteiger partial charge in [-0.3, -0.25) is 4.79 Å². The molecule has 0 saturated heterocycles. The maximum Gasteiger partial charge on any atom is 0.150 e. The van der Waals surface area contributed by atoms with Gasteiger partial charge in [-0.25, -0.2) is 0 Å². The van der Waals surface area contributed by atoms with Crippen LogP contribution in [0.4, 0.5) is 0 Å². The number of allylic oxidation sites excluding steroid dienone is 1. The van der Waals surface area contributed by atoms with Crippen molar-refractivity contribution in [2.45, 2.75) is 77.9 Å². The predicted octanol–water partition coefficient (Wildman–Crippen LogP) is 6.49. The summed E-state index contributed by atoms with van der Waals surface area (Å²) in [6.07, 6.45) is 7.88. The van der Waals surface area contributed by atoms with Gasteiger partial charge in [-0.1, -0.05) is 44.0 Å². The molecule has 32 heavy (non-hydrogen) atoms. The van der Waals surface area contributed by atoms with E-state index in [0.29, 0.717) is 23.5 Å². The Hall–Kier alpha value is -2.59. The Morgan fingerprint density at radius 2 is 1.72 bits per heavy atom. The standard InChI is InChI=1S/C28H38O4/c1-7-8-9-10-21-11-13-22(14-12-21)24(19-29)17-23-15-16-25(18-26(23)31-6)32-28(4,5)20-27(2,3)30/h11-19,30H,7-10,20H2,1-6H3/b24-17+. The third kappa shape index (κ3) is 8.16. The fourth-order valence-corrected chi connectivity index (χ4v) is 4.07. The summed E-state index contributed by atoms with van der Waals surface area (Å²) < 4.78 is 11.7. The number of methoxy groups -OCH3 is 1. The molecule has 2 aromatic carbocycles. The number of benzene rings is 2. The lowest BCUT2D eigenvalue weighted by Crippen LogP contribution is -2.37. The van der Waals surface area contributed by atoms with Crippen LogP contribution in [-0.4, -0.2) is 29.7 Å². The van der Waals surface area contributed by atoms with Gasteiger partial charge < -0.3 is 14.6 Å². The number of aldehydes is 1. The van der Waals surface area contributed by atoms with Crippen molar-refractivity contribution in [1.82, 2.24) is 0 Å². The summed E-state index contributed by atoms with van der Waals surface area (Å²) in [5.41, 5.74) is 2.19. The second-order valence-corrected chi connectivity index (χ2v) is 9.63. The highest BCUT2D eigenvalue weighted by atomic mass is 16.5. The molecule has 0 aliphatic rings. The summed E-state index contributed by atoms with van der Waals surface area (Å²) in [6, 6.07) is 13.8. The molecule has 0 aliphatic carbocycles. The Kier molecular flexibility index (Phi) is 9.09. The number of rotatable bonds is 12. The highest BCUT2D eigenvalue weighted by molar-refractivity contribution is 6.13. The lowest BCUT2D eigenvalue weighted by Gasteiger charge is -2.32. The highest BCUT2D eigenvalue weighted by Gasteiger charge is 2.29. The van der Waals surface area contributed by atoms with Crippen LogP contribution in [0.2, 0.25) is 0 Å². The minimum absolute atomic E-state index is 0.480. The van der Waals surface area contributed by atoms with Gasteiger partial charge in [0, 0.05) is 23.6 Å². The molecular formula is C28H38O4. The van der Waals surface area contributed by atoms with E-state index in [-0.39, 0.29) is 0 Å².